The number of hydrogen-bond donors (Lipinski definition) is 0. The summed E-state index contributed by atoms with van der Waals surface area (Å²) in [6.07, 6.45) is 5.58. The third kappa shape index (κ3) is 4.13. The van der Waals surface area contributed by atoms with Gasteiger partial charge in [0.05, 0.1) is 9.85 Å². The van der Waals surface area contributed by atoms with Gasteiger partial charge in [-0.25, -0.2) is 0 Å². The minimum atomic E-state index is -0.578. The molecule has 25 heavy (non-hydrogen) atoms. The summed E-state index contributed by atoms with van der Waals surface area (Å²) in [5.74, 6) is 1.03. The van der Waals surface area contributed by atoms with Crippen LogP contribution >= 0.6 is 11.8 Å². The molecule has 1 aliphatic carbocycles. The fourth-order valence-corrected chi connectivity index (χ4v) is 3.66. The van der Waals surface area contributed by atoms with E-state index in [1.807, 2.05) is 0 Å². The molecular formula is C15H16N4O5S. The second kappa shape index (κ2) is 7.60. The van der Waals surface area contributed by atoms with Gasteiger partial charge in [-0.1, -0.05) is 31.0 Å². The van der Waals surface area contributed by atoms with Gasteiger partial charge in [-0.3, -0.25) is 20.2 Å². The summed E-state index contributed by atoms with van der Waals surface area (Å²) in [6, 6.07) is 3.49. The molecule has 0 radical (unpaired) electrons. The number of benzene rings is 1. The molecule has 1 fully saturated rings. The van der Waals surface area contributed by atoms with Crippen molar-refractivity contribution in [3.63, 3.8) is 0 Å². The molecule has 10 heteroatoms. The van der Waals surface area contributed by atoms with Crippen molar-refractivity contribution in [2.24, 2.45) is 0 Å². The first kappa shape index (κ1) is 17.3. The lowest BCUT2D eigenvalue weighted by atomic mass is 9.89. The van der Waals surface area contributed by atoms with Crippen molar-refractivity contribution in [3.8, 4) is 0 Å². The Morgan fingerprint density at radius 2 is 1.88 bits per heavy atom. The molecule has 0 saturated heterocycles. The number of rotatable bonds is 6. The number of nitrogens with zero attached hydrogens (tertiary/aromatic N) is 4. The van der Waals surface area contributed by atoms with E-state index < -0.39 is 9.85 Å². The predicted octanol–water partition coefficient (Wildman–Crippen LogP) is 4.23. The Balaban J connectivity index is 1.72. The van der Waals surface area contributed by atoms with Crippen LogP contribution in [0.25, 0.3) is 0 Å². The smallest absolute Gasteiger partial charge is 0.276 e. The minimum Gasteiger partial charge on any atom is -0.416 e. The fraction of sp³-hybridized carbons (Fsp3) is 0.467. The topological polar surface area (TPSA) is 125 Å². The van der Waals surface area contributed by atoms with Crippen LogP contribution < -0.4 is 0 Å². The standard InChI is InChI=1S/C15H16N4O5S/c20-18(21)12-6-7-13(19(22)23)11(8-12)9-25-15-17-16-14(24-15)10-4-2-1-3-5-10/h6-8,10H,1-5,9H2. The van der Waals surface area contributed by atoms with Crippen molar-refractivity contribution >= 4 is 23.1 Å². The molecule has 0 atom stereocenters. The van der Waals surface area contributed by atoms with Gasteiger partial charge in [0.15, 0.2) is 0 Å². The van der Waals surface area contributed by atoms with E-state index >= 15 is 0 Å². The molecule has 1 aromatic carbocycles. The maximum atomic E-state index is 11.1. The largest absolute Gasteiger partial charge is 0.416 e. The van der Waals surface area contributed by atoms with Gasteiger partial charge in [-0.15, -0.1) is 10.2 Å². The van der Waals surface area contributed by atoms with Gasteiger partial charge in [-0.2, -0.15) is 0 Å². The predicted molar refractivity (Wildman–Crippen MR) is 89.4 cm³/mol. The van der Waals surface area contributed by atoms with Crippen molar-refractivity contribution in [2.45, 2.75) is 49.0 Å². The summed E-state index contributed by atoms with van der Waals surface area (Å²) >= 11 is 1.14. The van der Waals surface area contributed by atoms with Gasteiger partial charge in [-0.05, 0) is 12.8 Å². The molecule has 9 nitrogen and oxygen atoms in total. The number of hydrogen-bond acceptors (Lipinski definition) is 8. The zero-order chi connectivity index (χ0) is 17.8. The zero-order valence-electron chi connectivity index (χ0n) is 13.3. The summed E-state index contributed by atoms with van der Waals surface area (Å²) in [4.78, 5) is 20.8. The highest BCUT2D eigenvalue weighted by atomic mass is 32.2. The SMILES string of the molecule is O=[N+]([O-])c1ccc([N+](=O)[O-])c(CSc2nnc(C3CCCCC3)o2)c1. The first-order valence-corrected chi connectivity index (χ1v) is 8.91. The van der Waals surface area contributed by atoms with Crippen molar-refractivity contribution in [1.82, 2.24) is 10.2 Å². The van der Waals surface area contributed by atoms with E-state index in [0.717, 1.165) is 49.6 Å². The summed E-state index contributed by atoms with van der Waals surface area (Å²) in [5, 5.41) is 30.4. The quantitative estimate of drug-likeness (QED) is 0.423. The van der Waals surface area contributed by atoms with E-state index in [-0.39, 0.29) is 28.6 Å². The molecule has 132 valence electrons. The van der Waals surface area contributed by atoms with Crippen LogP contribution in [0.4, 0.5) is 11.4 Å². The molecule has 0 aliphatic heterocycles. The van der Waals surface area contributed by atoms with Gasteiger partial charge in [0.1, 0.15) is 0 Å². The van der Waals surface area contributed by atoms with E-state index in [1.165, 1.54) is 12.5 Å². The van der Waals surface area contributed by atoms with Gasteiger partial charge in [0.25, 0.3) is 16.6 Å². The number of nitro benzene ring substituents is 2. The molecular weight excluding hydrogens is 348 g/mol. The second-order valence-electron chi connectivity index (χ2n) is 5.86. The minimum absolute atomic E-state index is 0.143. The maximum absolute atomic E-state index is 11.1. The van der Waals surface area contributed by atoms with Crippen LogP contribution in [0.2, 0.25) is 0 Å². The van der Waals surface area contributed by atoms with Gasteiger partial charge >= 0.3 is 0 Å². The fourth-order valence-electron chi connectivity index (χ4n) is 2.91. The van der Waals surface area contributed by atoms with Gasteiger partial charge < -0.3 is 4.42 Å². The molecule has 1 heterocycles. The van der Waals surface area contributed by atoms with Crippen molar-refractivity contribution in [3.05, 3.63) is 49.9 Å². The Morgan fingerprint density at radius 1 is 1.12 bits per heavy atom. The van der Waals surface area contributed by atoms with E-state index in [2.05, 4.69) is 10.2 Å². The second-order valence-corrected chi connectivity index (χ2v) is 6.78. The lowest BCUT2D eigenvalue weighted by molar-refractivity contribution is -0.389. The van der Waals surface area contributed by atoms with Crippen molar-refractivity contribution in [2.75, 3.05) is 0 Å². The number of aromatic nitrogens is 2. The zero-order valence-corrected chi connectivity index (χ0v) is 14.1. The molecule has 1 saturated carbocycles. The molecule has 3 rings (SSSR count). The molecule has 0 spiro atoms. The number of nitro groups is 2. The van der Waals surface area contributed by atoms with Crippen LogP contribution in [-0.4, -0.2) is 20.0 Å². The van der Waals surface area contributed by atoms with Crippen LogP contribution in [0.3, 0.4) is 0 Å². The number of thioether (sulfide) groups is 1. The molecule has 1 aromatic heterocycles. The number of non-ortho nitro benzene ring substituents is 1. The molecule has 0 bridgehead atoms. The Labute approximate surface area is 147 Å². The third-order valence-electron chi connectivity index (χ3n) is 4.20. The maximum Gasteiger partial charge on any atom is 0.276 e. The lowest BCUT2D eigenvalue weighted by Crippen LogP contribution is -2.04. The highest BCUT2D eigenvalue weighted by Gasteiger charge is 2.23. The summed E-state index contributed by atoms with van der Waals surface area (Å²) in [6.45, 7) is 0. The first-order valence-electron chi connectivity index (χ1n) is 7.92. The Kier molecular flexibility index (Phi) is 5.27. The normalized spacial score (nSPS) is 15.2. The van der Waals surface area contributed by atoms with Crippen molar-refractivity contribution in [1.29, 1.82) is 0 Å². The van der Waals surface area contributed by atoms with E-state index in [0.29, 0.717) is 11.1 Å². The van der Waals surface area contributed by atoms with E-state index in [1.54, 1.807) is 0 Å². The molecule has 1 aliphatic rings. The molecule has 0 unspecified atom stereocenters. The van der Waals surface area contributed by atoms with Crippen LogP contribution in [0, 0.1) is 20.2 Å². The Hall–Kier alpha value is -2.49. The van der Waals surface area contributed by atoms with Crippen LogP contribution in [0.5, 0.6) is 0 Å². The van der Waals surface area contributed by atoms with Gasteiger partial charge in [0.2, 0.25) is 5.89 Å². The summed E-state index contributed by atoms with van der Waals surface area (Å²) in [7, 11) is 0. The van der Waals surface area contributed by atoms with Crippen LogP contribution in [0.1, 0.15) is 49.5 Å². The van der Waals surface area contributed by atoms with E-state index in [9.17, 15) is 20.2 Å². The summed E-state index contributed by atoms with van der Waals surface area (Å²) < 4.78 is 5.66. The average molecular weight is 364 g/mol. The Morgan fingerprint density at radius 3 is 2.56 bits per heavy atom. The molecule has 0 N–H and O–H groups in total. The lowest BCUT2D eigenvalue weighted by Gasteiger charge is -2.17. The monoisotopic (exact) mass is 364 g/mol. The van der Waals surface area contributed by atoms with Gasteiger partial charge in [0, 0.05) is 35.4 Å². The Bertz CT molecular complexity index is 788. The van der Waals surface area contributed by atoms with Crippen molar-refractivity contribution < 1.29 is 14.3 Å². The first-order chi connectivity index (χ1) is 12.0. The highest BCUT2D eigenvalue weighted by Crippen LogP contribution is 2.34. The van der Waals surface area contributed by atoms with Crippen LogP contribution in [-0.2, 0) is 5.75 Å². The molecule has 0 amide bonds. The average Bonchev–Trinajstić information content (AvgIpc) is 3.09. The third-order valence-corrected chi connectivity index (χ3v) is 5.07. The molecule has 2 aromatic rings. The summed E-state index contributed by atoms with van der Waals surface area (Å²) in [5.41, 5.74) is -0.0960. The highest BCUT2D eigenvalue weighted by molar-refractivity contribution is 7.98. The van der Waals surface area contributed by atoms with Crippen LogP contribution in [0.15, 0.2) is 27.8 Å². The van der Waals surface area contributed by atoms with E-state index in [4.69, 9.17) is 4.42 Å².